The number of carbonyl (C=O) groups is 3. The van der Waals surface area contributed by atoms with Gasteiger partial charge in [-0.3, -0.25) is 9.78 Å². The summed E-state index contributed by atoms with van der Waals surface area (Å²) in [5.74, 6) is 2.10. The zero-order valence-corrected chi connectivity index (χ0v) is 34.0. The van der Waals surface area contributed by atoms with Crippen LogP contribution in [-0.4, -0.2) is 63.7 Å². The quantitative estimate of drug-likeness (QED) is 0.137. The first-order valence-corrected chi connectivity index (χ1v) is 20.3. The third-order valence-electron chi connectivity index (χ3n) is 11.2. The average molecular weight is 791 g/mol. The molecule has 1 aliphatic carbocycles. The number of fused-ring (bicyclic) bond motifs is 2. The summed E-state index contributed by atoms with van der Waals surface area (Å²) in [6, 6.07) is 18.0. The summed E-state index contributed by atoms with van der Waals surface area (Å²) < 4.78 is 24.8. The lowest BCUT2D eigenvalue weighted by atomic mass is 9.90. The first kappa shape index (κ1) is 40.4. The molecule has 1 fully saturated rings. The largest absolute Gasteiger partial charge is 0.493 e. The van der Waals surface area contributed by atoms with E-state index in [1.54, 1.807) is 36.5 Å². The maximum Gasteiger partial charge on any atom is 0.326 e. The van der Waals surface area contributed by atoms with Crippen LogP contribution in [0.15, 0.2) is 72.9 Å². The molecule has 4 aromatic rings. The van der Waals surface area contributed by atoms with E-state index in [2.05, 4.69) is 15.6 Å². The van der Waals surface area contributed by atoms with Gasteiger partial charge in [-0.25, -0.2) is 9.59 Å². The van der Waals surface area contributed by atoms with Crippen molar-refractivity contribution in [2.45, 2.75) is 110 Å². The normalized spacial score (nSPS) is 18.4. The maximum atomic E-state index is 14.1. The fourth-order valence-corrected chi connectivity index (χ4v) is 7.75. The molecule has 1 aromatic heterocycles. The molecule has 3 heterocycles. The van der Waals surface area contributed by atoms with Gasteiger partial charge in [-0.2, -0.15) is 0 Å². The van der Waals surface area contributed by atoms with Gasteiger partial charge < -0.3 is 39.6 Å². The highest BCUT2D eigenvalue weighted by Crippen LogP contribution is 2.41. The molecular weight excluding hydrogens is 737 g/mol. The molecule has 12 nitrogen and oxygen atoms in total. The van der Waals surface area contributed by atoms with Gasteiger partial charge in [0, 0.05) is 42.4 Å². The summed E-state index contributed by atoms with van der Waals surface area (Å²) in [7, 11) is 0. The fourth-order valence-electron chi connectivity index (χ4n) is 7.75. The third kappa shape index (κ3) is 9.84. The number of carbonyl (C=O) groups excluding carboxylic acids is 2. The van der Waals surface area contributed by atoms with Crippen molar-refractivity contribution in [2.24, 2.45) is 5.92 Å². The standard InChI is InChI=1S/C46H54N4O8/c1-28-29(2)47-20-19-39(28)57-36-15-11-30(12-16-36)21-37(44(52)53)48-43(51)38-22-33-23-40-41(24-34(33)25-50(38)45(54)49-46(3,4)5)58-42(27-56-40)32-13-17-35(18-14-32)55-26-31-9-7-6-8-10-31/h11-20,23-24,31,37-38,42H,6-10,21-22,25-27H2,1-5H3,(H,48,51)(H,49,54)(H,52,53)/t37?,38-,42+/m0/s1. The third-order valence-corrected chi connectivity index (χ3v) is 11.2. The lowest BCUT2D eigenvalue weighted by Gasteiger charge is -2.39. The van der Waals surface area contributed by atoms with Crippen molar-refractivity contribution in [2.75, 3.05) is 13.2 Å². The van der Waals surface area contributed by atoms with Crippen LogP contribution in [-0.2, 0) is 29.0 Å². The molecule has 306 valence electrons. The van der Waals surface area contributed by atoms with Crippen LogP contribution in [0, 0.1) is 19.8 Å². The zero-order chi connectivity index (χ0) is 41.0. The van der Waals surface area contributed by atoms with Crippen LogP contribution in [0.1, 0.15) is 92.5 Å². The number of aryl methyl sites for hydroxylation is 1. The van der Waals surface area contributed by atoms with Crippen LogP contribution in [0.25, 0.3) is 0 Å². The number of nitrogens with one attached hydrogen (secondary N) is 2. The van der Waals surface area contributed by atoms with Crippen LogP contribution in [0.5, 0.6) is 28.7 Å². The van der Waals surface area contributed by atoms with Gasteiger partial charge in [0.25, 0.3) is 0 Å². The van der Waals surface area contributed by atoms with Crippen LogP contribution in [0.4, 0.5) is 4.79 Å². The minimum Gasteiger partial charge on any atom is -0.493 e. The lowest BCUT2D eigenvalue weighted by Crippen LogP contribution is -2.59. The molecule has 3 amide bonds. The molecular formula is C46H54N4O8. The van der Waals surface area contributed by atoms with Crippen molar-refractivity contribution in [3.8, 4) is 28.7 Å². The van der Waals surface area contributed by atoms with Crippen molar-refractivity contribution in [1.82, 2.24) is 20.5 Å². The Hall–Kier alpha value is -5.78. The van der Waals surface area contributed by atoms with Crippen molar-refractivity contribution in [1.29, 1.82) is 0 Å². The van der Waals surface area contributed by atoms with Crippen molar-refractivity contribution in [3.05, 3.63) is 106 Å². The van der Waals surface area contributed by atoms with E-state index in [9.17, 15) is 19.5 Å². The lowest BCUT2D eigenvalue weighted by molar-refractivity contribution is -0.142. The van der Waals surface area contributed by atoms with E-state index in [-0.39, 0.29) is 25.5 Å². The first-order valence-electron chi connectivity index (χ1n) is 20.3. The number of carboxylic acid groups (broad SMARTS) is 1. The average Bonchev–Trinajstić information content (AvgIpc) is 3.20. The van der Waals surface area contributed by atoms with E-state index in [0.717, 1.165) is 40.3 Å². The second-order valence-corrected chi connectivity index (χ2v) is 16.8. The van der Waals surface area contributed by atoms with Gasteiger partial charge >= 0.3 is 12.0 Å². The van der Waals surface area contributed by atoms with E-state index in [1.807, 2.05) is 71.0 Å². The maximum absolute atomic E-state index is 14.1. The molecule has 0 radical (unpaired) electrons. The van der Waals surface area contributed by atoms with Crippen LogP contribution in [0.3, 0.4) is 0 Å². The molecule has 3 aliphatic rings. The number of carboxylic acids is 1. The Kier molecular flexibility index (Phi) is 12.1. The number of benzene rings is 3. The summed E-state index contributed by atoms with van der Waals surface area (Å²) in [4.78, 5) is 46.1. The van der Waals surface area contributed by atoms with Crippen LogP contribution < -0.4 is 29.6 Å². The predicted molar refractivity (Wildman–Crippen MR) is 219 cm³/mol. The molecule has 3 atom stereocenters. The van der Waals surface area contributed by atoms with Crippen molar-refractivity contribution >= 4 is 17.9 Å². The topological polar surface area (TPSA) is 149 Å². The summed E-state index contributed by atoms with van der Waals surface area (Å²) >= 11 is 0. The number of aromatic nitrogens is 1. The van der Waals surface area contributed by atoms with Gasteiger partial charge in [-0.05, 0) is 118 Å². The summed E-state index contributed by atoms with van der Waals surface area (Å²) in [6.07, 6.45) is 7.88. The smallest absolute Gasteiger partial charge is 0.326 e. The minimum atomic E-state index is -1.24. The Labute approximate surface area is 340 Å². The van der Waals surface area contributed by atoms with Crippen molar-refractivity contribution in [3.63, 3.8) is 0 Å². The highest BCUT2D eigenvalue weighted by molar-refractivity contribution is 5.91. The van der Waals surface area contributed by atoms with Gasteiger partial charge in [0.1, 0.15) is 35.9 Å². The Morgan fingerprint density at radius 2 is 1.64 bits per heavy atom. The Morgan fingerprint density at radius 3 is 2.34 bits per heavy atom. The van der Waals surface area contributed by atoms with Crippen LogP contribution in [0.2, 0.25) is 0 Å². The fraction of sp³-hybridized carbons (Fsp3) is 0.435. The number of pyridine rings is 1. The van der Waals surface area contributed by atoms with E-state index < -0.39 is 35.5 Å². The number of nitrogens with zero attached hydrogens (tertiary/aromatic N) is 2. The molecule has 12 heteroatoms. The number of hydrogen-bond acceptors (Lipinski definition) is 8. The van der Waals surface area contributed by atoms with E-state index >= 15 is 0 Å². The summed E-state index contributed by atoms with van der Waals surface area (Å²) in [5.41, 5.74) is 4.51. The van der Waals surface area contributed by atoms with Crippen molar-refractivity contribution < 1.29 is 38.4 Å². The molecule has 2 aliphatic heterocycles. The minimum absolute atomic E-state index is 0.0301. The van der Waals surface area contributed by atoms with Gasteiger partial charge in [-0.15, -0.1) is 0 Å². The van der Waals surface area contributed by atoms with E-state index in [4.69, 9.17) is 18.9 Å². The second kappa shape index (κ2) is 17.4. The molecule has 0 bridgehead atoms. The number of rotatable bonds is 11. The molecule has 3 N–H and O–H groups in total. The Balaban J connectivity index is 1.03. The number of aliphatic carboxylic acids is 1. The van der Waals surface area contributed by atoms with Gasteiger partial charge in [-0.1, -0.05) is 43.5 Å². The number of urea groups is 1. The van der Waals surface area contributed by atoms with Gasteiger partial charge in [0.15, 0.2) is 17.6 Å². The number of hydrogen-bond donors (Lipinski definition) is 3. The molecule has 1 unspecified atom stereocenters. The predicted octanol–water partition coefficient (Wildman–Crippen LogP) is 8.01. The summed E-state index contributed by atoms with van der Waals surface area (Å²) in [6.45, 7) is 10.6. The van der Waals surface area contributed by atoms with Crippen LogP contribution >= 0.6 is 0 Å². The zero-order valence-electron chi connectivity index (χ0n) is 34.0. The SMILES string of the molecule is Cc1nccc(Oc2ccc(CC(NC(=O)[C@@H]3Cc4cc5c(cc4CN3C(=O)NC(C)(C)C)O[C@@H](c3ccc(OCC4CCCCC4)cc3)CO5)C(=O)O)cc2)c1C. The van der Waals surface area contributed by atoms with Gasteiger partial charge in [0.05, 0.1) is 6.61 Å². The first-order chi connectivity index (χ1) is 27.8. The molecule has 0 saturated heterocycles. The second-order valence-electron chi connectivity index (χ2n) is 16.8. The highest BCUT2D eigenvalue weighted by atomic mass is 16.6. The monoisotopic (exact) mass is 790 g/mol. The van der Waals surface area contributed by atoms with Gasteiger partial charge in [0.2, 0.25) is 5.91 Å². The summed E-state index contributed by atoms with van der Waals surface area (Å²) in [5, 5.41) is 15.9. The molecule has 7 rings (SSSR count). The Morgan fingerprint density at radius 1 is 0.931 bits per heavy atom. The highest BCUT2D eigenvalue weighted by Gasteiger charge is 2.39. The van der Waals surface area contributed by atoms with E-state index in [0.29, 0.717) is 41.1 Å². The Bertz CT molecular complexity index is 2110. The number of amides is 3. The molecule has 58 heavy (non-hydrogen) atoms. The van der Waals surface area contributed by atoms with E-state index in [1.165, 1.54) is 37.0 Å². The molecule has 1 saturated carbocycles. The molecule has 3 aromatic carbocycles. The number of ether oxygens (including phenoxy) is 4. The molecule has 0 spiro atoms.